The summed E-state index contributed by atoms with van der Waals surface area (Å²) in [5, 5.41) is 2.81. The molecule has 1 saturated carbocycles. The molecule has 0 bridgehead atoms. The highest BCUT2D eigenvalue weighted by atomic mass is 19.1. The molecule has 1 amide bonds. The van der Waals surface area contributed by atoms with Crippen LogP contribution in [0.25, 0.3) is 0 Å². The largest absolute Gasteiger partial charge is 0.351 e. The van der Waals surface area contributed by atoms with Crippen LogP contribution >= 0.6 is 0 Å². The molecule has 19 heavy (non-hydrogen) atoms. The van der Waals surface area contributed by atoms with Crippen molar-refractivity contribution in [3.63, 3.8) is 0 Å². The highest BCUT2D eigenvalue weighted by molar-refractivity contribution is 5.94. The molecule has 0 unspecified atom stereocenters. The minimum Gasteiger partial charge on any atom is -0.351 e. The molecule has 0 atom stereocenters. The van der Waals surface area contributed by atoms with Crippen molar-refractivity contribution in [2.24, 2.45) is 11.1 Å². The Morgan fingerprint density at radius 3 is 2.79 bits per heavy atom. The third-order valence-electron chi connectivity index (χ3n) is 3.99. The van der Waals surface area contributed by atoms with Crippen LogP contribution in [0.1, 0.15) is 42.5 Å². The molecule has 2 rings (SSSR count). The van der Waals surface area contributed by atoms with Crippen molar-refractivity contribution in [3.8, 4) is 0 Å². The number of carbonyl (C=O) groups excluding carboxylic acids is 1. The maximum Gasteiger partial charge on any atom is 0.254 e. The van der Waals surface area contributed by atoms with Gasteiger partial charge in [-0.3, -0.25) is 9.78 Å². The van der Waals surface area contributed by atoms with Gasteiger partial charge in [-0.1, -0.05) is 19.3 Å². The van der Waals surface area contributed by atoms with Gasteiger partial charge in [0, 0.05) is 12.7 Å². The highest BCUT2D eigenvalue weighted by Gasteiger charge is 2.31. The summed E-state index contributed by atoms with van der Waals surface area (Å²) in [7, 11) is 0. The third-order valence-corrected chi connectivity index (χ3v) is 3.99. The second kappa shape index (κ2) is 6.10. The van der Waals surface area contributed by atoms with Crippen LogP contribution in [0, 0.1) is 11.2 Å². The first-order valence-electron chi connectivity index (χ1n) is 6.75. The lowest BCUT2D eigenvalue weighted by Gasteiger charge is -2.36. The summed E-state index contributed by atoms with van der Waals surface area (Å²) in [5.41, 5.74) is 5.88. The van der Waals surface area contributed by atoms with Gasteiger partial charge in [0.05, 0.1) is 11.8 Å². The number of aromatic nitrogens is 1. The average molecular weight is 265 g/mol. The van der Waals surface area contributed by atoms with Gasteiger partial charge in [-0.05, 0) is 30.9 Å². The molecular formula is C14H20FN3O. The number of carbonyl (C=O) groups is 1. The minimum atomic E-state index is -0.592. The summed E-state index contributed by atoms with van der Waals surface area (Å²) < 4.78 is 13.4. The number of nitrogens with one attached hydrogen (secondary N) is 1. The Bertz CT molecular complexity index is 444. The topological polar surface area (TPSA) is 68.0 Å². The molecule has 3 N–H and O–H groups in total. The molecule has 1 aromatic heterocycles. The fourth-order valence-electron chi connectivity index (χ4n) is 2.68. The van der Waals surface area contributed by atoms with E-state index >= 15 is 0 Å². The summed E-state index contributed by atoms with van der Waals surface area (Å²) in [5.74, 6) is -0.983. The molecular weight excluding hydrogens is 245 g/mol. The number of hydrogen-bond acceptors (Lipinski definition) is 3. The molecule has 1 heterocycles. The van der Waals surface area contributed by atoms with Crippen molar-refractivity contribution < 1.29 is 9.18 Å². The Kier molecular flexibility index (Phi) is 4.47. The number of pyridine rings is 1. The molecule has 1 aliphatic carbocycles. The van der Waals surface area contributed by atoms with Gasteiger partial charge in [-0.25, -0.2) is 4.39 Å². The molecule has 1 aliphatic rings. The van der Waals surface area contributed by atoms with E-state index in [0.29, 0.717) is 13.1 Å². The maximum atomic E-state index is 13.4. The van der Waals surface area contributed by atoms with E-state index in [1.807, 2.05) is 0 Å². The van der Waals surface area contributed by atoms with Crippen LogP contribution < -0.4 is 11.1 Å². The zero-order valence-electron chi connectivity index (χ0n) is 11.0. The van der Waals surface area contributed by atoms with Gasteiger partial charge < -0.3 is 11.1 Å². The van der Waals surface area contributed by atoms with Crippen LogP contribution in [0.3, 0.4) is 0 Å². The fraction of sp³-hybridized carbons (Fsp3) is 0.571. The molecule has 0 radical (unpaired) electrons. The SMILES string of the molecule is NCC1(CNC(=O)c2ccncc2F)CCCCC1. The number of halogens is 1. The Hall–Kier alpha value is -1.49. The van der Waals surface area contributed by atoms with Crippen LogP contribution in [-0.4, -0.2) is 24.0 Å². The molecule has 0 spiro atoms. The Morgan fingerprint density at radius 2 is 2.16 bits per heavy atom. The minimum absolute atomic E-state index is 0.0165. The molecule has 5 heteroatoms. The van der Waals surface area contributed by atoms with E-state index in [1.165, 1.54) is 18.7 Å². The lowest BCUT2D eigenvalue weighted by molar-refractivity contribution is 0.0910. The monoisotopic (exact) mass is 265 g/mol. The van der Waals surface area contributed by atoms with E-state index in [4.69, 9.17) is 5.73 Å². The Labute approximate surface area is 112 Å². The third kappa shape index (κ3) is 3.29. The van der Waals surface area contributed by atoms with Crippen LogP contribution in [0.4, 0.5) is 4.39 Å². The summed E-state index contributed by atoms with van der Waals surface area (Å²) >= 11 is 0. The Balaban J connectivity index is 1.98. The summed E-state index contributed by atoms with van der Waals surface area (Å²) in [6, 6.07) is 1.39. The van der Waals surface area contributed by atoms with Gasteiger partial charge >= 0.3 is 0 Å². The first kappa shape index (κ1) is 13.9. The van der Waals surface area contributed by atoms with Gasteiger partial charge in [0.1, 0.15) is 0 Å². The lowest BCUT2D eigenvalue weighted by atomic mass is 9.74. The smallest absolute Gasteiger partial charge is 0.254 e. The number of nitrogens with two attached hydrogens (primary N) is 1. The van der Waals surface area contributed by atoms with E-state index in [9.17, 15) is 9.18 Å². The molecule has 1 fully saturated rings. The number of nitrogens with zero attached hydrogens (tertiary/aromatic N) is 1. The van der Waals surface area contributed by atoms with Crippen molar-refractivity contribution in [2.45, 2.75) is 32.1 Å². The predicted molar refractivity (Wildman–Crippen MR) is 71.1 cm³/mol. The normalized spacial score (nSPS) is 18.0. The molecule has 0 saturated heterocycles. The van der Waals surface area contributed by atoms with Gasteiger partial charge in [0.25, 0.3) is 5.91 Å². The second-order valence-corrected chi connectivity index (χ2v) is 5.30. The second-order valence-electron chi connectivity index (χ2n) is 5.30. The first-order chi connectivity index (χ1) is 9.17. The van der Waals surface area contributed by atoms with Gasteiger partial charge in [0.2, 0.25) is 0 Å². The fourth-order valence-corrected chi connectivity index (χ4v) is 2.68. The molecule has 0 aliphatic heterocycles. The maximum absolute atomic E-state index is 13.4. The predicted octanol–water partition coefficient (Wildman–Crippen LogP) is 1.86. The van der Waals surface area contributed by atoms with Crippen molar-refractivity contribution >= 4 is 5.91 Å². The summed E-state index contributed by atoms with van der Waals surface area (Å²) in [6.45, 7) is 1.08. The summed E-state index contributed by atoms with van der Waals surface area (Å²) in [6.07, 6.45) is 8.05. The van der Waals surface area contributed by atoms with E-state index in [1.54, 1.807) is 0 Å². The van der Waals surface area contributed by atoms with Crippen molar-refractivity contribution in [1.29, 1.82) is 0 Å². The van der Waals surface area contributed by atoms with Crippen LogP contribution in [0.15, 0.2) is 18.5 Å². The van der Waals surface area contributed by atoms with Crippen molar-refractivity contribution in [1.82, 2.24) is 10.3 Å². The van der Waals surface area contributed by atoms with Crippen LogP contribution in [0.5, 0.6) is 0 Å². The van der Waals surface area contributed by atoms with Gasteiger partial charge in [-0.2, -0.15) is 0 Å². The van der Waals surface area contributed by atoms with Gasteiger partial charge in [0.15, 0.2) is 5.82 Å². The average Bonchev–Trinajstić information content (AvgIpc) is 2.46. The van der Waals surface area contributed by atoms with E-state index in [0.717, 1.165) is 31.9 Å². The van der Waals surface area contributed by atoms with Crippen LogP contribution in [0.2, 0.25) is 0 Å². The lowest BCUT2D eigenvalue weighted by Crippen LogP contribution is -2.43. The zero-order chi connectivity index (χ0) is 13.7. The number of amides is 1. The molecule has 104 valence electrons. The standard InChI is InChI=1S/C14H20FN3O/c15-12-8-17-7-4-11(12)13(19)18-10-14(9-16)5-2-1-3-6-14/h4,7-8H,1-3,5-6,9-10,16H2,(H,18,19). The number of rotatable bonds is 4. The summed E-state index contributed by atoms with van der Waals surface area (Å²) in [4.78, 5) is 15.6. The quantitative estimate of drug-likeness (QED) is 0.873. The van der Waals surface area contributed by atoms with E-state index < -0.39 is 11.7 Å². The van der Waals surface area contributed by atoms with Crippen molar-refractivity contribution in [2.75, 3.05) is 13.1 Å². The Morgan fingerprint density at radius 1 is 1.42 bits per heavy atom. The highest BCUT2D eigenvalue weighted by Crippen LogP contribution is 2.34. The van der Waals surface area contributed by atoms with Crippen molar-refractivity contribution in [3.05, 3.63) is 29.8 Å². The van der Waals surface area contributed by atoms with E-state index in [2.05, 4.69) is 10.3 Å². The molecule has 4 nitrogen and oxygen atoms in total. The zero-order valence-corrected chi connectivity index (χ0v) is 11.0. The molecule has 1 aromatic rings. The first-order valence-corrected chi connectivity index (χ1v) is 6.75. The van der Waals surface area contributed by atoms with E-state index in [-0.39, 0.29) is 11.0 Å². The molecule has 0 aromatic carbocycles. The van der Waals surface area contributed by atoms with Gasteiger partial charge in [-0.15, -0.1) is 0 Å². The number of hydrogen-bond donors (Lipinski definition) is 2. The van der Waals surface area contributed by atoms with Crippen LogP contribution in [-0.2, 0) is 0 Å².